The number of aliphatic hydroxyl groups excluding tert-OH is 1. The maximum Gasteiger partial charge on any atom is 0.0556 e. The molecule has 2 rings (SSSR count). The van der Waals surface area contributed by atoms with Crippen LogP contribution in [0.4, 0.5) is 5.69 Å². The molecule has 0 bridgehead atoms. The van der Waals surface area contributed by atoms with Crippen LogP contribution in [-0.4, -0.2) is 25.3 Å². The molecular weight excluding hydrogens is 256 g/mol. The van der Waals surface area contributed by atoms with Crippen molar-refractivity contribution in [3.63, 3.8) is 0 Å². The van der Waals surface area contributed by atoms with Crippen molar-refractivity contribution >= 4 is 17.0 Å². The molecule has 0 radical (unpaired) electrons. The zero-order valence-electron chi connectivity index (χ0n) is 11.2. The Labute approximate surface area is 118 Å². The van der Waals surface area contributed by atoms with Gasteiger partial charge in [0.1, 0.15) is 0 Å². The highest BCUT2D eigenvalue weighted by molar-refractivity contribution is 7.09. The van der Waals surface area contributed by atoms with E-state index in [1.165, 1.54) is 16.1 Å². The summed E-state index contributed by atoms with van der Waals surface area (Å²) in [5, 5.41) is 14.0. The lowest BCUT2D eigenvalue weighted by Gasteiger charge is -2.18. The standard InChI is InChI=1S/C15H20N2OS/c1-17(12-15-3-2-10-19-15)14-6-4-13(5-7-14)11-16-8-9-18/h2-7,10,16,18H,8-9,11-12H2,1H3. The third-order valence-corrected chi connectivity index (χ3v) is 3.83. The first-order valence-corrected chi connectivity index (χ1v) is 7.31. The summed E-state index contributed by atoms with van der Waals surface area (Å²) in [7, 11) is 2.11. The first-order chi connectivity index (χ1) is 9.29. The molecule has 0 fully saturated rings. The second-order valence-corrected chi connectivity index (χ2v) is 5.53. The van der Waals surface area contributed by atoms with Gasteiger partial charge in [-0.1, -0.05) is 18.2 Å². The van der Waals surface area contributed by atoms with Crippen LogP contribution in [0.15, 0.2) is 41.8 Å². The van der Waals surface area contributed by atoms with Crippen LogP contribution in [0, 0.1) is 0 Å². The van der Waals surface area contributed by atoms with Crippen molar-refractivity contribution in [2.45, 2.75) is 13.1 Å². The van der Waals surface area contributed by atoms with Gasteiger partial charge in [-0.05, 0) is 29.1 Å². The van der Waals surface area contributed by atoms with Gasteiger partial charge in [0.2, 0.25) is 0 Å². The van der Waals surface area contributed by atoms with E-state index in [-0.39, 0.29) is 6.61 Å². The van der Waals surface area contributed by atoms with Gasteiger partial charge in [0, 0.05) is 30.7 Å². The summed E-state index contributed by atoms with van der Waals surface area (Å²) in [5.74, 6) is 0. The van der Waals surface area contributed by atoms with Crippen LogP contribution < -0.4 is 10.2 Å². The van der Waals surface area contributed by atoms with E-state index in [2.05, 4.69) is 59.0 Å². The van der Waals surface area contributed by atoms with Gasteiger partial charge in [0.25, 0.3) is 0 Å². The van der Waals surface area contributed by atoms with Crippen molar-refractivity contribution in [1.82, 2.24) is 5.32 Å². The lowest BCUT2D eigenvalue weighted by molar-refractivity contribution is 0.292. The van der Waals surface area contributed by atoms with Crippen LogP contribution in [0.2, 0.25) is 0 Å². The van der Waals surface area contributed by atoms with Crippen LogP contribution in [0.5, 0.6) is 0 Å². The molecule has 0 saturated carbocycles. The number of nitrogens with one attached hydrogen (secondary N) is 1. The summed E-state index contributed by atoms with van der Waals surface area (Å²) in [5.41, 5.74) is 2.46. The molecule has 1 aromatic carbocycles. The summed E-state index contributed by atoms with van der Waals surface area (Å²) in [6.45, 7) is 2.57. The van der Waals surface area contributed by atoms with Gasteiger partial charge in [-0.3, -0.25) is 0 Å². The SMILES string of the molecule is CN(Cc1cccs1)c1ccc(CNCCO)cc1. The molecule has 1 aromatic heterocycles. The molecule has 19 heavy (non-hydrogen) atoms. The third-order valence-electron chi connectivity index (χ3n) is 2.97. The number of hydrogen-bond acceptors (Lipinski definition) is 4. The molecule has 0 unspecified atom stereocenters. The monoisotopic (exact) mass is 276 g/mol. The average Bonchev–Trinajstić information content (AvgIpc) is 2.93. The molecule has 0 amide bonds. The normalized spacial score (nSPS) is 10.6. The van der Waals surface area contributed by atoms with Gasteiger partial charge in [0.15, 0.2) is 0 Å². The van der Waals surface area contributed by atoms with Crippen LogP contribution >= 0.6 is 11.3 Å². The Morgan fingerprint density at radius 2 is 2.00 bits per heavy atom. The fourth-order valence-electron chi connectivity index (χ4n) is 1.91. The Bertz CT molecular complexity index is 467. The predicted molar refractivity (Wildman–Crippen MR) is 81.7 cm³/mol. The second-order valence-electron chi connectivity index (χ2n) is 4.50. The number of anilines is 1. The van der Waals surface area contributed by atoms with Gasteiger partial charge in [-0.15, -0.1) is 11.3 Å². The largest absolute Gasteiger partial charge is 0.395 e. The first kappa shape index (κ1) is 14.1. The summed E-state index contributed by atoms with van der Waals surface area (Å²) in [4.78, 5) is 3.62. The summed E-state index contributed by atoms with van der Waals surface area (Å²) in [6.07, 6.45) is 0. The van der Waals surface area contributed by atoms with Crippen LogP contribution in [0.3, 0.4) is 0 Å². The van der Waals surface area contributed by atoms with Crippen LogP contribution in [-0.2, 0) is 13.1 Å². The summed E-state index contributed by atoms with van der Waals surface area (Å²) >= 11 is 1.79. The smallest absolute Gasteiger partial charge is 0.0556 e. The van der Waals surface area contributed by atoms with E-state index in [0.29, 0.717) is 6.54 Å². The summed E-state index contributed by atoms with van der Waals surface area (Å²) < 4.78 is 0. The van der Waals surface area contributed by atoms with Gasteiger partial charge in [-0.25, -0.2) is 0 Å². The number of nitrogens with zero attached hydrogens (tertiary/aromatic N) is 1. The highest BCUT2D eigenvalue weighted by atomic mass is 32.1. The van der Waals surface area contributed by atoms with E-state index in [4.69, 9.17) is 5.11 Å². The zero-order valence-corrected chi connectivity index (χ0v) is 12.0. The van der Waals surface area contributed by atoms with E-state index in [1.54, 1.807) is 11.3 Å². The van der Waals surface area contributed by atoms with Gasteiger partial charge < -0.3 is 15.3 Å². The highest BCUT2D eigenvalue weighted by Gasteiger charge is 2.03. The Morgan fingerprint density at radius 1 is 1.21 bits per heavy atom. The molecule has 0 atom stereocenters. The minimum atomic E-state index is 0.182. The molecule has 1 heterocycles. The molecule has 2 aromatic rings. The van der Waals surface area contributed by atoms with Crippen molar-refractivity contribution in [2.24, 2.45) is 0 Å². The van der Waals surface area contributed by atoms with Gasteiger partial charge in [0.05, 0.1) is 13.2 Å². The molecular formula is C15H20N2OS. The lowest BCUT2D eigenvalue weighted by Crippen LogP contribution is -2.18. The zero-order chi connectivity index (χ0) is 13.5. The first-order valence-electron chi connectivity index (χ1n) is 6.43. The van der Waals surface area contributed by atoms with Crippen LogP contribution in [0.25, 0.3) is 0 Å². The second kappa shape index (κ2) is 7.28. The van der Waals surface area contributed by atoms with Crippen molar-refractivity contribution < 1.29 is 5.11 Å². The van der Waals surface area contributed by atoms with Crippen molar-refractivity contribution in [3.05, 3.63) is 52.2 Å². The molecule has 0 saturated heterocycles. The Morgan fingerprint density at radius 3 is 2.63 bits per heavy atom. The summed E-state index contributed by atoms with van der Waals surface area (Å²) in [6, 6.07) is 12.8. The van der Waals surface area contributed by atoms with Crippen molar-refractivity contribution in [1.29, 1.82) is 0 Å². The minimum Gasteiger partial charge on any atom is -0.395 e. The van der Waals surface area contributed by atoms with E-state index in [9.17, 15) is 0 Å². The fourth-order valence-corrected chi connectivity index (χ4v) is 2.66. The topological polar surface area (TPSA) is 35.5 Å². The number of benzene rings is 1. The molecule has 2 N–H and O–H groups in total. The Balaban J connectivity index is 1.90. The van der Waals surface area contributed by atoms with Gasteiger partial charge in [-0.2, -0.15) is 0 Å². The average molecular weight is 276 g/mol. The fraction of sp³-hybridized carbons (Fsp3) is 0.333. The van der Waals surface area contributed by atoms with Crippen molar-refractivity contribution in [3.8, 4) is 0 Å². The van der Waals surface area contributed by atoms with E-state index >= 15 is 0 Å². The predicted octanol–water partition coefficient (Wildman–Crippen LogP) is 2.47. The lowest BCUT2D eigenvalue weighted by atomic mass is 10.2. The number of rotatable bonds is 7. The quantitative estimate of drug-likeness (QED) is 0.763. The molecule has 0 aliphatic carbocycles. The highest BCUT2D eigenvalue weighted by Crippen LogP contribution is 2.18. The Hall–Kier alpha value is -1.36. The van der Waals surface area contributed by atoms with E-state index in [1.807, 2.05) is 0 Å². The minimum absolute atomic E-state index is 0.182. The molecule has 3 nitrogen and oxygen atoms in total. The van der Waals surface area contributed by atoms with E-state index < -0.39 is 0 Å². The van der Waals surface area contributed by atoms with Gasteiger partial charge >= 0.3 is 0 Å². The number of thiophene rings is 1. The third kappa shape index (κ3) is 4.35. The molecule has 0 aliphatic heterocycles. The molecule has 102 valence electrons. The molecule has 4 heteroatoms. The maximum atomic E-state index is 8.72. The number of aliphatic hydroxyl groups is 1. The maximum absolute atomic E-state index is 8.72. The van der Waals surface area contributed by atoms with E-state index in [0.717, 1.165) is 13.1 Å². The van der Waals surface area contributed by atoms with Crippen LogP contribution in [0.1, 0.15) is 10.4 Å². The number of hydrogen-bond donors (Lipinski definition) is 2. The molecule has 0 aliphatic rings. The Kier molecular flexibility index (Phi) is 5.39. The molecule has 0 spiro atoms. The van der Waals surface area contributed by atoms with Crippen molar-refractivity contribution in [2.75, 3.05) is 25.1 Å².